The SMILES string of the molecule is CC.NCCCC(N=C/C=C/c1ccncc1)C(=O)O. The summed E-state index contributed by atoms with van der Waals surface area (Å²) in [4.78, 5) is 18.8. The Kier molecular flexibility index (Phi) is 10.8. The number of hydrogen-bond acceptors (Lipinski definition) is 4. The molecule has 0 aliphatic heterocycles. The molecule has 1 heterocycles. The number of allylic oxidation sites excluding steroid dienone is 1. The van der Waals surface area contributed by atoms with Gasteiger partial charge in [0.25, 0.3) is 0 Å². The van der Waals surface area contributed by atoms with Crippen LogP contribution in [0.25, 0.3) is 6.08 Å². The summed E-state index contributed by atoms with van der Waals surface area (Å²) in [5.41, 5.74) is 6.33. The molecule has 1 rings (SSSR count). The van der Waals surface area contributed by atoms with Crippen molar-refractivity contribution in [3.63, 3.8) is 0 Å². The standard InChI is InChI=1S/C13H17N3O2.C2H6/c14-7-1-4-12(13(17)18)16-8-2-3-11-5-9-15-10-6-11;1-2/h2-3,5-6,8-10,12H,1,4,7,14H2,(H,17,18);1-2H3/b3-2+,16-8?;. The van der Waals surface area contributed by atoms with Gasteiger partial charge in [-0.1, -0.05) is 19.9 Å². The summed E-state index contributed by atoms with van der Waals surface area (Å²) < 4.78 is 0. The molecule has 0 bridgehead atoms. The number of carbonyl (C=O) groups is 1. The Morgan fingerprint density at radius 1 is 1.45 bits per heavy atom. The van der Waals surface area contributed by atoms with E-state index in [1.807, 2.05) is 32.1 Å². The lowest BCUT2D eigenvalue weighted by Crippen LogP contribution is -2.19. The summed E-state index contributed by atoms with van der Waals surface area (Å²) in [6.07, 6.45) is 9.57. The predicted molar refractivity (Wildman–Crippen MR) is 82.8 cm³/mol. The van der Waals surface area contributed by atoms with Crippen LogP contribution < -0.4 is 5.73 Å². The van der Waals surface area contributed by atoms with E-state index in [2.05, 4.69) is 9.98 Å². The van der Waals surface area contributed by atoms with Gasteiger partial charge in [-0.15, -0.1) is 0 Å². The molecule has 1 aromatic heterocycles. The maximum absolute atomic E-state index is 10.9. The van der Waals surface area contributed by atoms with E-state index in [-0.39, 0.29) is 0 Å². The van der Waals surface area contributed by atoms with Crippen LogP contribution in [0.4, 0.5) is 0 Å². The van der Waals surface area contributed by atoms with Gasteiger partial charge in [0.1, 0.15) is 6.04 Å². The largest absolute Gasteiger partial charge is 0.480 e. The summed E-state index contributed by atoms with van der Waals surface area (Å²) >= 11 is 0. The third-order valence-corrected chi connectivity index (χ3v) is 2.31. The first-order chi connectivity index (χ1) is 9.74. The highest BCUT2D eigenvalue weighted by Gasteiger charge is 2.13. The number of aromatic nitrogens is 1. The second-order valence-electron chi connectivity index (χ2n) is 3.72. The smallest absolute Gasteiger partial charge is 0.328 e. The van der Waals surface area contributed by atoms with Gasteiger partial charge >= 0.3 is 5.97 Å². The molecule has 20 heavy (non-hydrogen) atoms. The van der Waals surface area contributed by atoms with E-state index >= 15 is 0 Å². The van der Waals surface area contributed by atoms with E-state index in [0.717, 1.165) is 5.56 Å². The average molecular weight is 277 g/mol. The zero-order chi connectivity index (χ0) is 15.2. The minimum Gasteiger partial charge on any atom is -0.480 e. The topological polar surface area (TPSA) is 88.6 Å². The van der Waals surface area contributed by atoms with Crippen molar-refractivity contribution in [1.82, 2.24) is 4.98 Å². The summed E-state index contributed by atoms with van der Waals surface area (Å²) in [5, 5.41) is 8.93. The van der Waals surface area contributed by atoms with Crippen LogP contribution in [0.3, 0.4) is 0 Å². The Morgan fingerprint density at radius 2 is 2.10 bits per heavy atom. The molecule has 0 amide bonds. The van der Waals surface area contributed by atoms with Gasteiger partial charge in [-0.25, -0.2) is 4.79 Å². The Hall–Kier alpha value is -2.01. The number of carboxylic acids is 1. The molecule has 0 fully saturated rings. The number of rotatable bonds is 7. The summed E-state index contributed by atoms with van der Waals surface area (Å²) in [5.74, 6) is -0.919. The lowest BCUT2D eigenvalue weighted by atomic mass is 10.1. The van der Waals surface area contributed by atoms with Crippen LogP contribution in [0.15, 0.2) is 35.6 Å². The molecule has 0 saturated heterocycles. The van der Waals surface area contributed by atoms with Crippen molar-refractivity contribution in [1.29, 1.82) is 0 Å². The lowest BCUT2D eigenvalue weighted by molar-refractivity contribution is -0.138. The maximum Gasteiger partial charge on any atom is 0.328 e. The fourth-order valence-corrected chi connectivity index (χ4v) is 1.36. The molecule has 5 heteroatoms. The zero-order valence-corrected chi connectivity index (χ0v) is 12.1. The Labute approximate surface area is 120 Å². The van der Waals surface area contributed by atoms with Gasteiger partial charge in [-0.3, -0.25) is 9.98 Å². The third kappa shape index (κ3) is 8.16. The number of hydrogen-bond donors (Lipinski definition) is 2. The van der Waals surface area contributed by atoms with E-state index < -0.39 is 12.0 Å². The van der Waals surface area contributed by atoms with Gasteiger partial charge < -0.3 is 10.8 Å². The molecule has 1 aromatic rings. The highest BCUT2D eigenvalue weighted by Crippen LogP contribution is 2.02. The zero-order valence-electron chi connectivity index (χ0n) is 12.1. The minimum atomic E-state index is -0.919. The molecule has 0 aromatic carbocycles. The van der Waals surface area contributed by atoms with E-state index in [1.165, 1.54) is 6.21 Å². The van der Waals surface area contributed by atoms with Gasteiger partial charge in [0.05, 0.1) is 0 Å². The molecule has 110 valence electrons. The maximum atomic E-state index is 10.9. The average Bonchev–Trinajstić information content (AvgIpc) is 2.49. The molecule has 0 saturated carbocycles. The highest BCUT2D eigenvalue weighted by atomic mass is 16.4. The first kappa shape index (κ1) is 18.0. The highest BCUT2D eigenvalue weighted by molar-refractivity contribution is 5.82. The van der Waals surface area contributed by atoms with Gasteiger partial charge in [0.15, 0.2) is 0 Å². The normalized spacial score (nSPS) is 12.2. The summed E-state index contributed by atoms with van der Waals surface area (Å²) in [6.45, 7) is 4.48. The van der Waals surface area contributed by atoms with Crippen molar-refractivity contribution in [2.75, 3.05) is 6.54 Å². The second-order valence-corrected chi connectivity index (χ2v) is 3.72. The molecule has 5 nitrogen and oxygen atoms in total. The number of carboxylic acid groups (broad SMARTS) is 1. The van der Waals surface area contributed by atoms with Crippen molar-refractivity contribution < 1.29 is 9.90 Å². The number of nitrogens with zero attached hydrogens (tertiary/aromatic N) is 2. The van der Waals surface area contributed by atoms with Gasteiger partial charge in [0, 0.05) is 18.6 Å². The van der Waals surface area contributed by atoms with Crippen LogP contribution >= 0.6 is 0 Å². The Bertz CT molecular complexity index is 416. The van der Waals surface area contributed by atoms with Crippen LogP contribution in [0, 0.1) is 0 Å². The van der Waals surface area contributed by atoms with Gasteiger partial charge in [-0.05, 0) is 43.2 Å². The van der Waals surface area contributed by atoms with Crippen molar-refractivity contribution >= 4 is 18.3 Å². The van der Waals surface area contributed by atoms with Crippen molar-refractivity contribution in [2.45, 2.75) is 32.7 Å². The molecule has 1 unspecified atom stereocenters. The van der Waals surface area contributed by atoms with Crippen molar-refractivity contribution in [3.05, 3.63) is 36.2 Å². The molecule has 0 radical (unpaired) electrons. The molecule has 0 spiro atoms. The fraction of sp³-hybridized carbons (Fsp3) is 0.400. The monoisotopic (exact) mass is 277 g/mol. The van der Waals surface area contributed by atoms with Crippen LogP contribution in [-0.4, -0.2) is 34.9 Å². The minimum absolute atomic E-state index is 0.464. The van der Waals surface area contributed by atoms with Gasteiger partial charge in [0.2, 0.25) is 0 Å². The number of aliphatic carboxylic acids is 1. The number of nitrogens with two attached hydrogens (primary N) is 1. The summed E-state index contributed by atoms with van der Waals surface area (Å²) in [7, 11) is 0. The first-order valence-electron chi connectivity index (χ1n) is 6.77. The van der Waals surface area contributed by atoms with Gasteiger partial charge in [-0.2, -0.15) is 0 Å². The first-order valence-corrected chi connectivity index (χ1v) is 6.77. The van der Waals surface area contributed by atoms with E-state index in [4.69, 9.17) is 10.8 Å². The van der Waals surface area contributed by atoms with Crippen molar-refractivity contribution in [3.8, 4) is 0 Å². The third-order valence-electron chi connectivity index (χ3n) is 2.31. The molecular formula is C15H23N3O2. The Morgan fingerprint density at radius 3 is 2.65 bits per heavy atom. The molecular weight excluding hydrogens is 254 g/mol. The Balaban J connectivity index is 0.00000172. The van der Waals surface area contributed by atoms with Crippen LogP contribution in [0.5, 0.6) is 0 Å². The van der Waals surface area contributed by atoms with Crippen LogP contribution in [-0.2, 0) is 4.79 Å². The fourth-order valence-electron chi connectivity index (χ4n) is 1.36. The second kappa shape index (κ2) is 12.0. The van der Waals surface area contributed by atoms with Crippen molar-refractivity contribution in [2.24, 2.45) is 10.7 Å². The van der Waals surface area contributed by atoms with E-state index in [0.29, 0.717) is 19.4 Å². The van der Waals surface area contributed by atoms with Crippen LogP contribution in [0.1, 0.15) is 32.3 Å². The quantitative estimate of drug-likeness (QED) is 0.749. The molecule has 3 N–H and O–H groups in total. The predicted octanol–water partition coefficient (Wildman–Crippen LogP) is 2.38. The summed E-state index contributed by atoms with van der Waals surface area (Å²) in [6, 6.07) is 3.00. The molecule has 0 aliphatic carbocycles. The molecule has 0 aliphatic rings. The molecule has 1 atom stereocenters. The van der Waals surface area contributed by atoms with E-state index in [9.17, 15) is 4.79 Å². The van der Waals surface area contributed by atoms with E-state index in [1.54, 1.807) is 18.5 Å². The lowest BCUT2D eigenvalue weighted by Gasteiger charge is -2.04. The number of aliphatic imine (C=N–C) groups is 1. The van der Waals surface area contributed by atoms with Crippen LogP contribution in [0.2, 0.25) is 0 Å². The number of pyridine rings is 1.